The zero-order chi connectivity index (χ0) is 11.3. The number of aromatic nitrogens is 1. The second-order valence-electron chi connectivity index (χ2n) is 3.18. The fraction of sp³-hybridized carbons (Fsp3) is 0.300. The summed E-state index contributed by atoms with van der Waals surface area (Å²) in [5.41, 5.74) is -0.0286. The number of carbonyl (C=O) groups is 1. The van der Waals surface area contributed by atoms with Crippen LogP contribution in [0.2, 0.25) is 0 Å². The summed E-state index contributed by atoms with van der Waals surface area (Å²) < 4.78 is 0. The minimum absolute atomic E-state index is 0.221. The number of rotatable bonds is 3. The molecule has 0 saturated heterocycles. The maximum absolute atomic E-state index is 11.5. The number of hydrogen-bond acceptors (Lipinski definition) is 3. The molecular weight excluding hydrogens is 194 g/mol. The molecule has 78 valence electrons. The maximum atomic E-state index is 11.5. The molecule has 1 atom stereocenters. The van der Waals surface area contributed by atoms with Gasteiger partial charge in [-0.3, -0.25) is 9.59 Å². The van der Waals surface area contributed by atoms with Crippen LogP contribution in [-0.2, 0) is 0 Å². The topological polar surface area (TPSA) is 85.8 Å². The molecule has 1 unspecified atom stereocenters. The molecule has 0 spiro atoms. The van der Waals surface area contributed by atoms with Crippen LogP contribution < -0.4 is 10.9 Å². The zero-order valence-electron chi connectivity index (χ0n) is 8.28. The van der Waals surface area contributed by atoms with Crippen molar-refractivity contribution in [1.29, 1.82) is 5.26 Å². The van der Waals surface area contributed by atoms with Gasteiger partial charge in [0.25, 0.3) is 5.91 Å². The fourth-order valence-electron chi connectivity index (χ4n) is 1.08. The molecule has 0 fully saturated rings. The Morgan fingerprint density at radius 2 is 2.47 bits per heavy atom. The lowest BCUT2D eigenvalue weighted by Crippen LogP contribution is -2.32. The summed E-state index contributed by atoms with van der Waals surface area (Å²) in [6.07, 6.45) is 1.65. The van der Waals surface area contributed by atoms with Crippen molar-refractivity contribution < 1.29 is 4.79 Å². The Morgan fingerprint density at radius 1 is 1.73 bits per heavy atom. The zero-order valence-corrected chi connectivity index (χ0v) is 8.28. The van der Waals surface area contributed by atoms with Crippen molar-refractivity contribution in [2.45, 2.75) is 19.4 Å². The summed E-state index contributed by atoms with van der Waals surface area (Å²) in [5, 5.41) is 11.0. The van der Waals surface area contributed by atoms with Gasteiger partial charge in [-0.15, -0.1) is 0 Å². The second-order valence-corrected chi connectivity index (χ2v) is 3.18. The number of pyridine rings is 1. The van der Waals surface area contributed by atoms with E-state index in [9.17, 15) is 9.59 Å². The van der Waals surface area contributed by atoms with Gasteiger partial charge in [0, 0.05) is 23.9 Å². The smallest absolute Gasteiger partial charge is 0.251 e. The van der Waals surface area contributed by atoms with Gasteiger partial charge < -0.3 is 10.3 Å². The molecule has 1 aromatic rings. The van der Waals surface area contributed by atoms with E-state index in [4.69, 9.17) is 5.26 Å². The maximum Gasteiger partial charge on any atom is 0.251 e. The van der Waals surface area contributed by atoms with Crippen molar-refractivity contribution in [2.75, 3.05) is 0 Å². The Balaban J connectivity index is 2.70. The van der Waals surface area contributed by atoms with Crippen LogP contribution in [0.15, 0.2) is 23.1 Å². The molecule has 1 rings (SSSR count). The highest BCUT2D eigenvalue weighted by Crippen LogP contribution is 1.95. The van der Waals surface area contributed by atoms with E-state index >= 15 is 0 Å². The number of amides is 1. The first kappa shape index (κ1) is 11.0. The lowest BCUT2D eigenvalue weighted by molar-refractivity contribution is 0.0940. The quantitative estimate of drug-likeness (QED) is 0.749. The number of aromatic amines is 1. The summed E-state index contributed by atoms with van der Waals surface area (Å²) >= 11 is 0. The van der Waals surface area contributed by atoms with Crippen LogP contribution in [-0.4, -0.2) is 16.9 Å². The summed E-state index contributed by atoms with van der Waals surface area (Å²) in [4.78, 5) is 24.8. The van der Waals surface area contributed by atoms with E-state index in [2.05, 4.69) is 10.3 Å². The van der Waals surface area contributed by atoms with Crippen LogP contribution in [0.1, 0.15) is 23.7 Å². The summed E-state index contributed by atoms with van der Waals surface area (Å²) in [6, 6.07) is 4.46. The molecule has 1 amide bonds. The van der Waals surface area contributed by atoms with Crippen LogP contribution in [0.25, 0.3) is 0 Å². The van der Waals surface area contributed by atoms with Crippen LogP contribution in [0.4, 0.5) is 0 Å². The summed E-state index contributed by atoms with van der Waals surface area (Å²) in [5.74, 6) is -0.344. The Kier molecular flexibility index (Phi) is 3.63. The fourth-order valence-corrected chi connectivity index (χ4v) is 1.08. The van der Waals surface area contributed by atoms with Crippen molar-refractivity contribution in [3.63, 3.8) is 0 Å². The third-order valence-electron chi connectivity index (χ3n) is 1.81. The van der Waals surface area contributed by atoms with Crippen molar-refractivity contribution >= 4 is 5.91 Å². The second kappa shape index (κ2) is 4.96. The number of nitrogens with one attached hydrogen (secondary N) is 2. The summed E-state index contributed by atoms with van der Waals surface area (Å²) in [7, 11) is 0. The van der Waals surface area contributed by atoms with Crippen molar-refractivity contribution in [3.8, 4) is 6.07 Å². The number of carbonyl (C=O) groups excluding carboxylic acids is 1. The normalized spacial score (nSPS) is 11.5. The predicted octanol–water partition coefficient (Wildman–Crippen LogP) is 0.407. The first-order valence-corrected chi connectivity index (χ1v) is 4.50. The molecule has 5 nitrogen and oxygen atoms in total. The highest BCUT2D eigenvalue weighted by atomic mass is 16.2. The average Bonchev–Trinajstić information content (AvgIpc) is 2.18. The number of nitriles is 1. The molecule has 15 heavy (non-hydrogen) atoms. The van der Waals surface area contributed by atoms with Gasteiger partial charge in [-0.2, -0.15) is 5.26 Å². The minimum atomic E-state index is -0.344. The van der Waals surface area contributed by atoms with Crippen LogP contribution in [0.5, 0.6) is 0 Å². The van der Waals surface area contributed by atoms with E-state index in [0.29, 0.717) is 5.56 Å². The third-order valence-corrected chi connectivity index (χ3v) is 1.81. The van der Waals surface area contributed by atoms with E-state index < -0.39 is 0 Å². The molecule has 1 aromatic heterocycles. The minimum Gasteiger partial charge on any atom is -0.349 e. The number of hydrogen-bond donors (Lipinski definition) is 2. The van der Waals surface area contributed by atoms with Gasteiger partial charge in [0.05, 0.1) is 12.5 Å². The van der Waals surface area contributed by atoms with Crippen molar-refractivity contribution in [1.82, 2.24) is 10.3 Å². The van der Waals surface area contributed by atoms with Gasteiger partial charge in [-0.05, 0) is 13.0 Å². The number of H-pyrrole nitrogens is 1. The van der Waals surface area contributed by atoms with Gasteiger partial charge >= 0.3 is 0 Å². The van der Waals surface area contributed by atoms with Crippen LogP contribution in [0, 0.1) is 11.3 Å². The number of nitrogens with zero attached hydrogens (tertiary/aromatic N) is 1. The Labute approximate surface area is 86.7 Å². The largest absolute Gasteiger partial charge is 0.349 e. The van der Waals surface area contributed by atoms with Gasteiger partial charge in [0.1, 0.15) is 0 Å². The standard InChI is InChI=1S/C10H11N3O2/c1-7(2-4-11)13-10(15)8-3-5-12-9(14)6-8/h3,5-7H,2H2,1H3,(H,12,14)(H,13,15). The predicted molar refractivity (Wildman–Crippen MR) is 54.2 cm³/mol. The monoisotopic (exact) mass is 205 g/mol. The molecule has 0 bridgehead atoms. The van der Waals surface area contributed by atoms with Gasteiger partial charge in [0.2, 0.25) is 5.56 Å². The van der Waals surface area contributed by atoms with Gasteiger partial charge in [-0.25, -0.2) is 0 Å². The van der Waals surface area contributed by atoms with Gasteiger partial charge in [0.15, 0.2) is 0 Å². The average molecular weight is 205 g/mol. The van der Waals surface area contributed by atoms with E-state index in [1.807, 2.05) is 6.07 Å². The van der Waals surface area contributed by atoms with Crippen LogP contribution >= 0.6 is 0 Å². The van der Waals surface area contributed by atoms with Gasteiger partial charge in [-0.1, -0.05) is 0 Å². The Morgan fingerprint density at radius 3 is 3.07 bits per heavy atom. The Bertz CT molecular complexity index is 444. The van der Waals surface area contributed by atoms with Crippen molar-refractivity contribution in [3.05, 3.63) is 34.2 Å². The highest BCUT2D eigenvalue weighted by molar-refractivity contribution is 5.94. The highest BCUT2D eigenvalue weighted by Gasteiger charge is 2.09. The van der Waals surface area contributed by atoms with E-state index in [1.54, 1.807) is 6.92 Å². The molecular formula is C10H11N3O2. The molecule has 5 heteroatoms. The molecule has 0 aliphatic rings. The molecule has 0 aliphatic heterocycles. The Hall–Kier alpha value is -2.09. The molecule has 0 aromatic carbocycles. The lowest BCUT2D eigenvalue weighted by atomic mass is 10.2. The first-order valence-electron chi connectivity index (χ1n) is 4.50. The molecule has 0 aliphatic carbocycles. The van der Waals surface area contributed by atoms with E-state index in [1.165, 1.54) is 18.3 Å². The van der Waals surface area contributed by atoms with E-state index in [-0.39, 0.29) is 23.9 Å². The SMILES string of the molecule is CC(CC#N)NC(=O)c1cc[nH]c(=O)c1. The van der Waals surface area contributed by atoms with Crippen LogP contribution in [0.3, 0.4) is 0 Å². The molecule has 0 saturated carbocycles. The van der Waals surface area contributed by atoms with Crippen molar-refractivity contribution in [2.24, 2.45) is 0 Å². The first-order chi connectivity index (χ1) is 7.13. The molecule has 1 heterocycles. The van der Waals surface area contributed by atoms with E-state index in [0.717, 1.165) is 0 Å². The molecule has 2 N–H and O–H groups in total. The third kappa shape index (κ3) is 3.27. The summed E-state index contributed by atoms with van der Waals surface area (Å²) in [6.45, 7) is 1.73. The lowest BCUT2D eigenvalue weighted by Gasteiger charge is -2.09. The molecule has 0 radical (unpaired) electrons.